The second-order valence-corrected chi connectivity index (χ2v) is 6.10. The predicted molar refractivity (Wildman–Crippen MR) is 103 cm³/mol. The Morgan fingerprint density at radius 1 is 0.840 bits per heavy atom. The first kappa shape index (κ1) is 15.2. The highest BCUT2D eigenvalue weighted by Crippen LogP contribution is 2.38. The highest BCUT2D eigenvalue weighted by atomic mass is 16.4. The zero-order valence-electron chi connectivity index (χ0n) is 13.8. The number of anilines is 1. The van der Waals surface area contributed by atoms with Gasteiger partial charge in [0, 0.05) is 22.2 Å². The molecule has 3 aromatic carbocycles. The van der Waals surface area contributed by atoms with E-state index in [9.17, 15) is 4.79 Å². The van der Waals surface area contributed by atoms with Crippen LogP contribution >= 0.6 is 0 Å². The molecule has 0 aliphatic rings. The Bertz CT molecular complexity index is 1110. The van der Waals surface area contributed by atoms with E-state index >= 15 is 0 Å². The Morgan fingerprint density at radius 3 is 2.08 bits per heavy atom. The van der Waals surface area contributed by atoms with Gasteiger partial charge in [-0.3, -0.25) is 0 Å². The number of nitrogen functional groups attached to an aromatic ring is 1. The van der Waals surface area contributed by atoms with Gasteiger partial charge in [0.15, 0.2) is 0 Å². The summed E-state index contributed by atoms with van der Waals surface area (Å²) in [7, 11) is 0. The molecule has 4 rings (SSSR count). The third-order valence-corrected chi connectivity index (χ3v) is 4.31. The van der Waals surface area contributed by atoms with Gasteiger partial charge in [-0.15, -0.1) is 0 Å². The summed E-state index contributed by atoms with van der Waals surface area (Å²) in [4.78, 5) is 12.6. The molecule has 0 aliphatic heterocycles. The van der Waals surface area contributed by atoms with Gasteiger partial charge in [0.25, 0.3) is 0 Å². The van der Waals surface area contributed by atoms with Gasteiger partial charge >= 0.3 is 5.63 Å². The van der Waals surface area contributed by atoms with E-state index in [1.807, 2.05) is 73.7 Å². The number of nitrogens with two attached hydrogens (primary N) is 1. The van der Waals surface area contributed by atoms with Gasteiger partial charge in [-0.1, -0.05) is 66.7 Å². The smallest absolute Gasteiger partial charge is 0.346 e. The van der Waals surface area contributed by atoms with E-state index in [-0.39, 0.29) is 0 Å². The van der Waals surface area contributed by atoms with Crippen LogP contribution in [-0.4, -0.2) is 0 Å². The first-order valence-corrected chi connectivity index (χ1v) is 8.13. The first-order valence-electron chi connectivity index (χ1n) is 8.13. The number of benzene rings is 3. The van der Waals surface area contributed by atoms with Crippen LogP contribution in [0.5, 0.6) is 0 Å². The molecule has 2 N–H and O–H groups in total. The monoisotopic (exact) mass is 327 g/mol. The normalized spacial score (nSPS) is 10.9. The van der Waals surface area contributed by atoms with Crippen molar-refractivity contribution >= 4 is 16.5 Å². The fourth-order valence-corrected chi connectivity index (χ4v) is 3.24. The fraction of sp³-hybridized carbons (Fsp3) is 0.0455. The molecular formula is C22H17NO2. The number of rotatable bonds is 2. The van der Waals surface area contributed by atoms with E-state index in [1.165, 1.54) is 0 Å². The van der Waals surface area contributed by atoms with Gasteiger partial charge in [-0.25, -0.2) is 4.79 Å². The lowest BCUT2D eigenvalue weighted by Crippen LogP contribution is -2.06. The Balaban J connectivity index is 2.21. The van der Waals surface area contributed by atoms with Crippen molar-refractivity contribution in [3.8, 4) is 22.5 Å². The minimum absolute atomic E-state index is 0.411. The maximum absolute atomic E-state index is 12.6. The van der Waals surface area contributed by atoms with Crippen LogP contribution in [0.2, 0.25) is 0 Å². The van der Waals surface area contributed by atoms with Crippen LogP contribution in [-0.2, 0) is 0 Å². The minimum atomic E-state index is -0.411. The average Bonchev–Trinajstić information content (AvgIpc) is 2.62. The average molecular weight is 327 g/mol. The molecule has 4 aromatic rings. The number of fused-ring (bicyclic) bond motifs is 1. The van der Waals surface area contributed by atoms with E-state index in [0.29, 0.717) is 16.8 Å². The standard InChI is InChI=1S/C22H17NO2/c1-14-12-17-19(15-8-4-2-5-9-15)21(16-10-6-3-7-11-16)25-22(24)20(17)18(23)13-14/h2-13H,23H2,1H3. The van der Waals surface area contributed by atoms with Gasteiger partial charge in [0.2, 0.25) is 0 Å². The molecule has 0 fully saturated rings. The molecule has 122 valence electrons. The van der Waals surface area contributed by atoms with Crippen molar-refractivity contribution in [2.75, 3.05) is 5.73 Å². The summed E-state index contributed by atoms with van der Waals surface area (Å²) < 4.78 is 5.75. The van der Waals surface area contributed by atoms with Crippen LogP contribution in [0.1, 0.15) is 5.56 Å². The largest absolute Gasteiger partial charge is 0.422 e. The molecule has 25 heavy (non-hydrogen) atoms. The quantitative estimate of drug-likeness (QED) is 0.526. The van der Waals surface area contributed by atoms with E-state index in [4.69, 9.17) is 10.2 Å². The molecule has 0 amide bonds. The Morgan fingerprint density at radius 2 is 1.44 bits per heavy atom. The molecule has 0 bridgehead atoms. The van der Waals surface area contributed by atoms with Crippen molar-refractivity contribution < 1.29 is 4.42 Å². The SMILES string of the molecule is Cc1cc(N)c2c(=O)oc(-c3ccccc3)c(-c3ccccc3)c2c1. The summed E-state index contributed by atoms with van der Waals surface area (Å²) in [5.74, 6) is 0.564. The van der Waals surface area contributed by atoms with Gasteiger partial charge < -0.3 is 10.2 Å². The lowest BCUT2D eigenvalue weighted by atomic mass is 9.94. The van der Waals surface area contributed by atoms with Crippen LogP contribution in [0.25, 0.3) is 33.2 Å². The number of hydrogen-bond acceptors (Lipinski definition) is 3. The van der Waals surface area contributed by atoms with E-state index < -0.39 is 5.63 Å². The van der Waals surface area contributed by atoms with Crippen LogP contribution in [0.15, 0.2) is 82.0 Å². The summed E-state index contributed by atoms with van der Waals surface area (Å²) in [6.45, 7) is 1.97. The van der Waals surface area contributed by atoms with E-state index in [1.54, 1.807) is 6.07 Å². The second-order valence-electron chi connectivity index (χ2n) is 6.10. The third kappa shape index (κ3) is 2.60. The molecule has 0 saturated carbocycles. The van der Waals surface area contributed by atoms with Crippen LogP contribution in [0, 0.1) is 6.92 Å². The maximum Gasteiger partial charge on any atom is 0.346 e. The van der Waals surface area contributed by atoms with Crippen LogP contribution in [0.3, 0.4) is 0 Å². The molecule has 3 nitrogen and oxygen atoms in total. The van der Waals surface area contributed by atoms with Gasteiger partial charge in [0.05, 0.1) is 5.39 Å². The van der Waals surface area contributed by atoms with Crippen molar-refractivity contribution in [2.45, 2.75) is 6.92 Å². The van der Waals surface area contributed by atoms with E-state index in [2.05, 4.69) is 0 Å². The minimum Gasteiger partial charge on any atom is -0.422 e. The first-order chi connectivity index (χ1) is 12.1. The molecule has 3 heteroatoms. The van der Waals surface area contributed by atoms with Crippen molar-refractivity contribution in [1.29, 1.82) is 0 Å². The second kappa shape index (κ2) is 5.95. The van der Waals surface area contributed by atoms with Crippen LogP contribution in [0.4, 0.5) is 5.69 Å². The summed E-state index contributed by atoms with van der Waals surface area (Å²) in [5, 5.41) is 1.25. The molecule has 1 aromatic heterocycles. The molecule has 0 atom stereocenters. The van der Waals surface area contributed by atoms with Gasteiger partial charge in [-0.2, -0.15) is 0 Å². The summed E-state index contributed by atoms with van der Waals surface area (Å²) in [6, 6.07) is 23.4. The van der Waals surface area contributed by atoms with E-state index in [0.717, 1.165) is 27.6 Å². The predicted octanol–water partition coefficient (Wildman–Crippen LogP) is 5.02. The molecular weight excluding hydrogens is 310 g/mol. The molecule has 0 spiro atoms. The maximum atomic E-state index is 12.6. The molecule has 0 aliphatic carbocycles. The lowest BCUT2D eigenvalue weighted by molar-refractivity contribution is 0.536. The summed E-state index contributed by atoms with van der Waals surface area (Å²) in [6.07, 6.45) is 0. The number of hydrogen-bond donors (Lipinski definition) is 1. The number of aryl methyl sites for hydroxylation is 1. The highest BCUT2D eigenvalue weighted by Gasteiger charge is 2.18. The molecule has 1 heterocycles. The Kier molecular flexibility index (Phi) is 3.62. The fourth-order valence-electron chi connectivity index (χ4n) is 3.24. The van der Waals surface area contributed by atoms with Crippen molar-refractivity contribution in [3.63, 3.8) is 0 Å². The molecule has 0 radical (unpaired) electrons. The highest BCUT2D eigenvalue weighted by molar-refractivity contribution is 6.05. The van der Waals surface area contributed by atoms with Crippen molar-refractivity contribution in [3.05, 3.63) is 88.8 Å². The lowest BCUT2D eigenvalue weighted by Gasteiger charge is -2.14. The zero-order chi connectivity index (χ0) is 17.4. The molecule has 0 saturated heterocycles. The summed E-state index contributed by atoms with van der Waals surface area (Å²) in [5.41, 5.74) is 9.91. The van der Waals surface area contributed by atoms with Gasteiger partial charge in [0.1, 0.15) is 5.76 Å². The van der Waals surface area contributed by atoms with Gasteiger partial charge in [-0.05, 0) is 24.1 Å². The van der Waals surface area contributed by atoms with Crippen molar-refractivity contribution in [1.82, 2.24) is 0 Å². The Labute approximate surface area is 145 Å². The van der Waals surface area contributed by atoms with Crippen molar-refractivity contribution in [2.24, 2.45) is 0 Å². The van der Waals surface area contributed by atoms with Crippen LogP contribution < -0.4 is 11.4 Å². The summed E-state index contributed by atoms with van der Waals surface area (Å²) >= 11 is 0. The topological polar surface area (TPSA) is 56.2 Å². The third-order valence-electron chi connectivity index (χ3n) is 4.31. The Hall–Kier alpha value is -3.33. The molecule has 0 unspecified atom stereocenters. The zero-order valence-corrected chi connectivity index (χ0v) is 13.8.